The van der Waals surface area contributed by atoms with Crippen molar-refractivity contribution < 1.29 is 14.6 Å². The molecule has 3 heterocycles. The second-order valence-electron chi connectivity index (χ2n) is 8.00. The molecule has 0 bridgehead atoms. The molecule has 3 atom stereocenters. The standard InChI is InChI=1S/C25H23N3O3S/c1-16-14-28-23(22(27-25(28)32-16)21-4-2-3-13-26-21)18-9-11-20(12-10-18)31-15-17-5-7-19(8-6-17)24(29)30/h2-13,16,22-23H,14-15H2,1H3,(H,29,30)/t16-,22-,23-/m0/s1. The first-order chi connectivity index (χ1) is 15.6. The number of carbonyl (C=O) groups is 1. The van der Waals surface area contributed by atoms with Crippen LogP contribution in [0.25, 0.3) is 0 Å². The Balaban J connectivity index is 1.32. The summed E-state index contributed by atoms with van der Waals surface area (Å²) in [7, 11) is 0. The van der Waals surface area contributed by atoms with E-state index in [1.165, 1.54) is 5.56 Å². The van der Waals surface area contributed by atoms with E-state index < -0.39 is 5.97 Å². The molecule has 5 rings (SSSR count). The highest BCUT2D eigenvalue weighted by molar-refractivity contribution is 8.14. The summed E-state index contributed by atoms with van der Waals surface area (Å²) in [6.07, 6.45) is 1.83. The third-order valence-corrected chi connectivity index (χ3v) is 6.81. The maximum Gasteiger partial charge on any atom is 0.335 e. The van der Waals surface area contributed by atoms with E-state index in [1.54, 1.807) is 24.3 Å². The predicted octanol–water partition coefficient (Wildman–Crippen LogP) is 4.95. The van der Waals surface area contributed by atoms with Gasteiger partial charge in [0.1, 0.15) is 18.4 Å². The van der Waals surface area contributed by atoms with Crippen LogP contribution in [0, 0.1) is 0 Å². The van der Waals surface area contributed by atoms with Crippen molar-refractivity contribution in [2.45, 2.75) is 30.9 Å². The molecule has 6 nitrogen and oxygen atoms in total. The number of aromatic nitrogens is 1. The van der Waals surface area contributed by atoms with Gasteiger partial charge in [-0.15, -0.1) is 0 Å². The molecule has 0 saturated carbocycles. The number of aliphatic imine (C=N–C) groups is 1. The molecule has 0 aliphatic carbocycles. The van der Waals surface area contributed by atoms with Crippen LogP contribution in [0.1, 0.15) is 46.2 Å². The molecule has 1 fully saturated rings. The summed E-state index contributed by atoms with van der Waals surface area (Å²) in [6, 6.07) is 21.0. The van der Waals surface area contributed by atoms with Crippen molar-refractivity contribution in [3.63, 3.8) is 0 Å². The maximum absolute atomic E-state index is 11.0. The highest BCUT2D eigenvalue weighted by atomic mass is 32.2. The van der Waals surface area contributed by atoms with Crippen molar-refractivity contribution in [2.24, 2.45) is 4.99 Å². The van der Waals surface area contributed by atoms with Crippen molar-refractivity contribution in [3.8, 4) is 5.75 Å². The predicted molar refractivity (Wildman–Crippen MR) is 125 cm³/mol. The molecule has 0 radical (unpaired) electrons. The van der Waals surface area contributed by atoms with Gasteiger partial charge in [0.05, 0.1) is 17.3 Å². The maximum atomic E-state index is 11.0. The number of hydrogen-bond donors (Lipinski definition) is 1. The number of hydrogen-bond acceptors (Lipinski definition) is 6. The highest BCUT2D eigenvalue weighted by Crippen LogP contribution is 2.47. The summed E-state index contributed by atoms with van der Waals surface area (Å²) in [5.74, 6) is -0.157. The fourth-order valence-corrected chi connectivity index (χ4v) is 5.24. The van der Waals surface area contributed by atoms with Crippen molar-refractivity contribution in [3.05, 3.63) is 95.3 Å². The number of carboxylic acids is 1. The van der Waals surface area contributed by atoms with Crippen molar-refractivity contribution >= 4 is 22.9 Å². The van der Waals surface area contributed by atoms with E-state index in [0.29, 0.717) is 11.9 Å². The third-order valence-electron chi connectivity index (χ3n) is 5.71. The molecule has 3 aromatic rings. The Bertz CT molecular complexity index is 1130. The van der Waals surface area contributed by atoms with E-state index in [1.807, 2.05) is 48.3 Å². The van der Waals surface area contributed by atoms with E-state index in [9.17, 15) is 4.79 Å². The number of ether oxygens (including phenoxy) is 1. The molecule has 1 saturated heterocycles. The molecule has 2 aliphatic rings. The smallest absolute Gasteiger partial charge is 0.335 e. The average Bonchev–Trinajstić information content (AvgIpc) is 3.35. The fourth-order valence-electron chi connectivity index (χ4n) is 4.15. The minimum Gasteiger partial charge on any atom is -0.489 e. The van der Waals surface area contributed by atoms with Gasteiger partial charge in [0.25, 0.3) is 0 Å². The van der Waals surface area contributed by atoms with Gasteiger partial charge in [-0.05, 0) is 47.5 Å². The van der Waals surface area contributed by atoms with Crippen LogP contribution in [0.4, 0.5) is 0 Å². The number of fused-ring (bicyclic) bond motifs is 1. The minimum atomic E-state index is -0.929. The SMILES string of the molecule is C[C@H]1CN2C(=N[C@@H](c3ccccn3)[C@@H]2c2ccc(OCc3ccc(C(=O)O)cc3)cc2)S1. The van der Waals surface area contributed by atoms with E-state index in [4.69, 9.17) is 14.8 Å². The molecular weight excluding hydrogens is 422 g/mol. The van der Waals surface area contributed by atoms with Crippen LogP contribution in [0.5, 0.6) is 5.75 Å². The Labute approximate surface area is 191 Å². The third kappa shape index (κ3) is 4.08. The van der Waals surface area contributed by atoms with Gasteiger partial charge in [0.15, 0.2) is 5.17 Å². The van der Waals surface area contributed by atoms with Gasteiger partial charge in [0, 0.05) is 18.0 Å². The number of thioether (sulfide) groups is 1. The summed E-state index contributed by atoms with van der Waals surface area (Å²) in [5.41, 5.74) is 3.37. The van der Waals surface area contributed by atoms with Crippen molar-refractivity contribution in [2.75, 3.05) is 6.54 Å². The van der Waals surface area contributed by atoms with Crippen LogP contribution in [-0.4, -0.2) is 37.9 Å². The van der Waals surface area contributed by atoms with Crippen LogP contribution in [0.3, 0.4) is 0 Å². The van der Waals surface area contributed by atoms with E-state index in [-0.39, 0.29) is 17.6 Å². The number of pyridine rings is 1. The molecular formula is C25H23N3O3S. The van der Waals surface area contributed by atoms with Gasteiger partial charge in [0.2, 0.25) is 0 Å². The Hall–Kier alpha value is -3.32. The average molecular weight is 446 g/mol. The monoisotopic (exact) mass is 445 g/mol. The van der Waals surface area contributed by atoms with Gasteiger partial charge >= 0.3 is 5.97 Å². The Morgan fingerprint density at radius 3 is 2.59 bits per heavy atom. The van der Waals surface area contributed by atoms with E-state index >= 15 is 0 Å². The first-order valence-electron chi connectivity index (χ1n) is 10.6. The lowest BCUT2D eigenvalue weighted by molar-refractivity contribution is 0.0697. The van der Waals surface area contributed by atoms with E-state index in [0.717, 1.165) is 28.7 Å². The largest absolute Gasteiger partial charge is 0.489 e. The minimum absolute atomic E-state index is 0.0225. The zero-order valence-electron chi connectivity index (χ0n) is 17.6. The summed E-state index contributed by atoms with van der Waals surface area (Å²) in [5, 5.41) is 10.6. The lowest BCUT2D eigenvalue weighted by Crippen LogP contribution is -2.28. The molecule has 2 aromatic carbocycles. The molecule has 0 spiro atoms. The first-order valence-corrected chi connectivity index (χ1v) is 11.4. The van der Waals surface area contributed by atoms with Crippen LogP contribution >= 0.6 is 11.8 Å². The van der Waals surface area contributed by atoms with Crippen LogP contribution < -0.4 is 4.74 Å². The molecule has 162 valence electrons. The highest BCUT2D eigenvalue weighted by Gasteiger charge is 2.43. The number of carboxylic acid groups (broad SMARTS) is 1. The normalized spacial score (nSPS) is 21.8. The molecule has 0 unspecified atom stereocenters. The van der Waals surface area contributed by atoms with Gasteiger partial charge in [-0.2, -0.15) is 0 Å². The lowest BCUT2D eigenvalue weighted by atomic mass is 9.96. The summed E-state index contributed by atoms with van der Waals surface area (Å²) >= 11 is 1.83. The molecule has 0 amide bonds. The summed E-state index contributed by atoms with van der Waals surface area (Å²) in [6.45, 7) is 3.59. The van der Waals surface area contributed by atoms with Crippen LogP contribution in [-0.2, 0) is 6.61 Å². The van der Waals surface area contributed by atoms with Crippen molar-refractivity contribution in [1.29, 1.82) is 0 Å². The topological polar surface area (TPSA) is 75.0 Å². The Morgan fingerprint density at radius 2 is 1.91 bits per heavy atom. The summed E-state index contributed by atoms with van der Waals surface area (Å²) < 4.78 is 5.92. The molecule has 32 heavy (non-hydrogen) atoms. The second kappa shape index (κ2) is 8.67. The zero-order chi connectivity index (χ0) is 22.1. The van der Waals surface area contributed by atoms with Gasteiger partial charge < -0.3 is 14.7 Å². The second-order valence-corrected chi connectivity index (χ2v) is 9.40. The fraction of sp³-hybridized carbons (Fsp3) is 0.240. The summed E-state index contributed by atoms with van der Waals surface area (Å²) in [4.78, 5) is 23.0. The van der Waals surface area contributed by atoms with Gasteiger partial charge in [-0.3, -0.25) is 9.98 Å². The number of aromatic carboxylic acids is 1. The van der Waals surface area contributed by atoms with Gasteiger partial charge in [-0.25, -0.2) is 4.79 Å². The number of benzene rings is 2. The number of amidine groups is 1. The Morgan fingerprint density at radius 1 is 1.12 bits per heavy atom. The molecule has 7 heteroatoms. The van der Waals surface area contributed by atoms with Crippen LogP contribution in [0.2, 0.25) is 0 Å². The number of rotatable bonds is 6. The van der Waals surface area contributed by atoms with Crippen molar-refractivity contribution in [1.82, 2.24) is 9.88 Å². The molecule has 1 N–H and O–H groups in total. The quantitative estimate of drug-likeness (QED) is 0.579. The van der Waals surface area contributed by atoms with E-state index in [2.05, 4.69) is 28.9 Å². The first kappa shape index (κ1) is 20.6. The number of nitrogens with zero attached hydrogens (tertiary/aromatic N) is 3. The Kier molecular flexibility index (Phi) is 5.57. The lowest BCUT2D eigenvalue weighted by Gasteiger charge is -2.27. The van der Waals surface area contributed by atoms with Gasteiger partial charge in [-0.1, -0.05) is 49.0 Å². The molecule has 2 aliphatic heterocycles. The molecule has 1 aromatic heterocycles. The zero-order valence-corrected chi connectivity index (χ0v) is 18.4. The van der Waals surface area contributed by atoms with Crippen LogP contribution in [0.15, 0.2) is 77.9 Å².